The maximum atomic E-state index is 10.3. The van der Waals surface area contributed by atoms with Gasteiger partial charge in [0.2, 0.25) is 5.88 Å². The third-order valence-electron chi connectivity index (χ3n) is 3.79. The molecule has 3 rings (SSSR count). The van der Waals surface area contributed by atoms with Crippen LogP contribution in [0.15, 0.2) is 10.2 Å². The lowest BCUT2D eigenvalue weighted by atomic mass is 10.1. The summed E-state index contributed by atoms with van der Waals surface area (Å²) in [6.07, 6.45) is -0.599. The molecule has 3 heterocycles. The van der Waals surface area contributed by atoms with Crippen molar-refractivity contribution in [3.05, 3.63) is 0 Å². The summed E-state index contributed by atoms with van der Waals surface area (Å²) in [5.41, 5.74) is 0.436. The third kappa shape index (κ3) is 2.74. The van der Waals surface area contributed by atoms with Crippen LogP contribution in [0.25, 0.3) is 11.0 Å². The molecule has 1 aliphatic rings. The van der Waals surface area contributed by atoms with Crippen LogP contribution in [0.4, 0.5) is 0 Å². The molecule has 0 saturated carbocycles. The van der Waals surface area contributed by atoms with Crippen LogP contribution in [-0.4, -0.2) is 79.6 Å². The van der Waals surface area contributed by atoms with Crippen molar-refractivity contribution in [3.63, 3.8) is 0 Å². The molecule has 0 bridgehead atoms. The predicted octanol–water partition coefficient (Wildman–Crippen LogP) is -0.110. The highest BCUT2D eigenvalue weighted by Gasteiger charge is 2.45. The number of hydrogen-bond donors (Lipinski definition) is 3. The number of ether oxygens (including phenoxy) is 2. The molecule has 2 aromatic heterocycles. The first-order chi connectivity index (χ1) is 11.5. The third-order valence-corrected chi connectivity index (χ3v) is 5.02. The Labute approximate surface area is 146 Å². The van der Waals surface area contributed by atoms with E-state index in [4.69, 9.17) is 9.47 Å². The highest BCUT2D eigenvalue weighted by atomic mass is 32.2. The molecular weight excluding hydrogens is 356 g/mol. The molecule has 3 N–H and O–H groups in total. The number of fused-ring (bicyclic) bond motifs is 1. The number of aliphatic hydroxyl groups is 3. The van der Waals surface area contributed by atoms with Gasteiger partial charge < -0.3 is 24.8 Å². The van der Waals surface area contributed by atoms with Gasteiger partial charge in [-0.1, -0.05) is 11.8 Å². The standard InChI is InChI=1S/C13H18N4O5S2/c1-21-10-6-9(14-13(24-3)15-11(6)23-2)17(16-10)12-8(20)7(19)5(4-18)22-12/h5,7-8,12,18-20H,4H2,1-3H3/t5-,7-,8-,12-/m1/s1. The van der Waals surface area contributed by atoms with E-state index in [1.165, 1.54) is 35.3 Å². The van der Waals surface area contributed by atoms with Gasteiger partial charge in [-0.15, -0.1) is 16.9 Å². The summed E-state index contributed by atoms with van der Waals surface area (Å²) in [6, 6.07) is 0. The van der Waals surface area contributed by atoms with Gasteiger partial charge in [0.1, 0.15) is 28.7 Å². The Balaban J connectivity index is 2.18. The first-order valence-electron chi connectivity index (χ1n) is 7.10. The lowest BCUT2D eigenvalue weighted by molar-refractivity contribution is -0.0570. The van der Waals surface area contributed by atoms with Gasteiger partial charge in [0.25, 0.3) is 0 Å². The van der Waals surface area contributed by atoms with Crippen LogP contribution >= 0.6 is 23.5 Å². The first kappa shape index (κ1) is 17.7. The van der Waals surface area contributed by atoms with Gasteiger partial charge in [-0.25, -0.2) is 14.6 Å². The Morgan fingerprint density at radius 3 is 2.50 bits per heavy atom. The van der Waals surface area contributed by atoms with Crippen LogP contribution in [0.3, 0.4) is 0 Å². The fourth-order valence-electron chi connectivity index (χ4n) is 2.60. The SMILES string of the molecule is COc1nn([C@@H]2O[C@H](CO)[C@@H](O)[C@H]2O)c2nc(SC)nc(SC)c12. The average Bonchev–Trinajstić information content (AvgIpc) is 3.12. The maximum absolute atomic E-state index is 10.3. The lowest BCUT2D eigenvalue weighted by Crippen LogP contribution is -2.33. The molecule has 9 nitrogen and oxygen atoms in total. The van der Waals surface area contributed by atoms with E-state index in [0.717, 1.165) is 0 Å². The number of nitrogens with zero attached hydrogens (tertiary/aromatic N) is 4. The highest BCUT2D eigenvalue weighted by molar-refractivity contribution is 7.99. The van der Waals surface area contributed by atoms with E-state index in [-0.39, 0.29) is 0 Å². The van der Waals surface area contributed by atoms with Gasteiger partial charge in [-0.3, -0.25) is 0 Å². The van der Waals surface area contributed by atoms with Crippen molar-refractivity contribution in [2.24, 2.45) is 0 Å². The Bertz CT molecular complexity index is 743. The van der Waals surface area contributed by atoms with Gasteiger partial charge in [0.05, 0.1) is 13.7 Å². The monoisotopic (exact) mass is 374 g/mol. The minimum atomic E-state index is -1.25. The molecule has 2 aromatic rings. The van der Waals surface area contributed by atoms with Gasteiger partial charge in [-0.2, -0.15) is 0 Å². The van der Waals surface area contributed by atoms with Crippen LogP contribution < -0.4 is 4.74 Å². The Hall–Kier alpha value is -1.11. The molecule has 0 aromatic carbocycles. The fourth-order valence-corrected chi connectivity index (χ4v) is 3.58. The average molecular weight is 374 g/mol. The van der Waals surface area contributed by atoms with Gasteiger partial charge >= 0.3 is 0 Å². The van der Waals surface area contributed by atoms with Gasteiger partial charge in [-0.05, 0) is 12.5 Å². The van der Waals surface area contributed by atoms with Crippen LogP contribution in [0.5, 0.6) is 5.88 Å². The number of hydrogen-bond acceptors (Lipinski definition) is 10. The van der Waals surface area contributed by atoms with Crippen molar-refractivity contribution in [3.8, 4) is 5.88 Å². The topological polar surface area (TPSA) is 123 Å². The Morgan fingerprint density at radius 1 is 1.21 bits per heavy atom. The van der Waals surface area contributed by atoms with Crippen LogP contribution in [0, 0.1) is 0 Å². The van der Waals surface area contributed by atoms with Crippen molar-refractivity contribution in [1.29, 1.82) is 0 Å². The first-order valence-corrected chi connectivity index (χ1v) is 9.55. The molecule has 1 aliphatic heterocycles. The zero-order valence-corrected chi connectivity index (χ0v) is 14.9. The summed E-state index contributed by atoms with van der Waals surface area (Å²) in [5.74, 6) is 0.305. The quantitative estimate of drug-likeness (QED) is 0.371. The molecule has 4 atom stereocenters. The molecule has 0 amide bonds. The molecule has 0 radical (unpaired) electrons. The van der Waals surface area contributed by atoms with Gasteiger partial charge in [0.15, 0.2) is 17.0 Å². The van der Waals surface area contributed by atoms with E-state index in [1.54, 1.807) is 0 Å². The summed E-state index contributed by atoms with van der Waals surface area (Å²) < 4.78 is 12.2. The number of methoxy groups -OCH3 is 1. The number of aromatic nitrogens is 4. The molecule has 24 heavy (non-hydrogen) atoms. The summed E-state index contributed by atoms with van der Waals surface area (Å²) in [7, 11) is 1.48. The minimum absolute atomic E-state index is 0.305. The Kier molecular flexibility index (Phi) is 5.18. The van der Waals surface area contributed by atoms with E-state index in [1.807, 2.05) is 12.5 Å². The van der Waals surface area contributed by atoms with Crippen molar-refractivity contribution >= 4 is 34.6 Å². The van der Waals surface area contributed by atoms with E-state index in [2.05, 4.69) is 15.1 Å². The largest absolute Gasteiger partial charge is 0.479 e. The molecule has 132 valence electrons. The van der Waals surface area contributed by atoms with E-state index < -0.39 is 31.1 Å². The molecule has 0 spiro atoms. The maximum Gasteiger partial charge on any atom is 0.245 e. The summed E-state index contributed by atoms with van der Waals surface area (Å²) in [5, 5.41) is 35.7. The number of rotatable bonds is 5. The van der Waals surface area contributed by atoms with E-state index in [9.17, 15) is 15.3 Å². The molecule has 0 aliphatic carbocycles. The van der Waals surface area contributed by atoms with Gasteiger partial charge in [0, 0.05) is 0 Å². The van der Waals surface area contributed by atoms with Crippen LogP contribution in [0.2, 0.25) is 0 Å². The molecule has 11 heteroatoms. The van der Waals surface area contributed by atoms with Crippen molar-refractivity contribution in [2.45, 2.75) is 34.7 Å². The molecular formula is C13H18N4O5S2. The normalized spacial score (nSPS) is 27.1. The second kappa shape index (κ2) is 7.02. The summed E-state index contributed by atoms with van der Waals surface area (Å²) >= 11 is 2.81. The zero-order chi connectivity index (χ0) is 17.4. The second-order valence-corrected chi connectivity index (χ2v) is 6.67. The summed E-state index contributed by atoms with van der Waals surface area (Å²) in [4.78, 5) is 8.89. The van der Waals surface area contributed by atoms with Crippen molar-refractivity contribution < 1.29 is 24.8 Å². The summed E-state index contributed by atoms with van der Waals surface area (Å²) in [6.45, 7) is -0.411. The van der Waals surface area contributed by atoms with Crippen LogP contribution in [0.1, 0.15) is 6.23 Å². The highest BCUT2D eigenvalue weighted by Crippen LogP contribution is 2.37. The van der Waals surface area contributed by atoms with Crippen molar-refractivity contribution in [1.82, 2.24) is 19.7 Å². The number of thioether (sulfide) groups is 2. The molecule has 0 unspecified atom stereocenters. The van der Waals surface area contributed by atoms with E-state index in [0.29, 0.717) is 27.1 Å². The predicted molar refractivity (Wildman–Crippen MR) is 88.4 cm³/mol. The minimum Gasteiger partial charge on any atom is -0.479 e. The zero-order valence-electron chi connectivity index (χ0n) is 13.3. The van der Waals surface area contributed by atoms with E-state index >= 15 is 0 Å². The molecule has 1 fully saturated rings. The second-order valence-electron chi connectivity index (χ2n) is 5.10. The lowest BCUT2D eigenvalue weighted by Gasteiger charge is -2.15. The Morgan fingerprint density at radius 2 is 1.96 bits per heavy atom. The fraction of sp³-hybridized carbons (Fsp3) is 0.615. The molecule has 1 saturated heterocycles. The van der Waals surface area contributed by atoms with Crippen LogP contribution in [-0.2, 0) is 4.74 Å². The smallest absolute Gasteiger partial charge is 0.245 e. The number of aliphatic hydroxyl groups excluding tert-OH is 3. The van der Waals surface area contributed by atoms with Crippen molar-refractivity contribution in [2.75, 3.05) is 26.2 Å².